The van der Waals surface area contributed by atoms with Gasteiger partial charge in [0.1, 0.15) is 0 Å². The molecule has 0 amide bonds. The first kappa shape index (κ1) is 15.3. The Morgan fingerprint density at radius 2 is 1.83 bits per heavy atom. The van der Waals surface area contributed by atoms with E-state index in [9.17, 15) is 0 Å². The van der Waals surface area contributed by atoms with Gasteiger partial charge in [-0.3, -0.25) is 0 Å². The van der Waals surface area contributed by atoms with Crippen LogP contribution in [0.1, 0.15) is 65.4 Å². The van der Waals surface area contributed by atoms with E-state index in [0.717, 1.165) is 6.54 Å². The highest BCUT2D eigenvalue weighted by atomic mass is 15.0. The van der Waals surface area contributed by atoms with Crippen LogP contribution in [-0.4, -0.2) is 10.1 Å². The number of aryl methyl sites for hydroxylation is 1. The van der Waals surface area contributed by atoms with Gasteiger partial charge in [-0.05, 0) is 38.8 Å². The van der Waals surface area contributed by atoms with Gasteiger partial charge in [0.2, 0.25) is 0 Å². The van der Waals surface area contributed by atoms with Crippen molar-refractivity contribution in [1.29, 1.82) is 0 Å². The van der Waals surface area contributed by atoms with Gasteiger partial charge in [0, 0.05) is 31.0 Å². The fourth-order valence-electron chi connectivity index (χ4n) is 2.00. The number of nitrogens with zero attached hydrogens (tertiary/aromatic N) is 1. The van der Waals surface area contributed by atoms with Gasteiger partial charge < -0.3 is 9.88 Å². The molecule has 0 saturated heterocycles. The summed E-state index contributed by atoms with van der Waals surface area (Å²) in [7, 11) is 0. The van der Waals surface area contributed by atoms with Crippen molar-refractivity contribution in [3.8, 4) is 0 Å². The molecule has 0 aromatic carbocycles. The molecule has 0 spiro atoms. The van der Waals surface area contributed by atoms with E-state index >= 15 is 0 Å². The van der Waals surface area contributed by atoms with Crippen LogP contribution in [0.2, 0.25) is 0 Å². The van der Waals surface area contributed by atoms with Crippen LogP contribution in [0.15, 0.2) is 18.5 Å². The Balaban J connectivity index is 2.22. The average molecular weight is 250 g/mol. The molecule has 0 aliphatic rings. The molecule has 0 aliphatic carbocycles. The van der Waals surface area contributed by atoms with Crippen molar-refractivity contribution in [2.45, 2.75) is 78.4 Å². The minimum absolute atomic E-state index is 0.197. The Hall–Kier alpha value is -0.760. The smallest absolute Gasteiger partial charge is 0.0225 e. The van der Waals surface area contributed by atoms with Gasteiger partial charge in [0.25, 0.3) is 0 Å². The predicted molar refractivity (Wildman–Crippen MR) is 79.8 cm³/mol. The lowest BCUT2D eigenvalue weighted by molar-refractivity contribution is 0.424. The quantitative estimate of drug-likeness (QED) is 0.679. The summed E-state index contributed by atoms with van der Waals surface area (Å²) in [6.45, 7) is 11.0. The monoisotopic (exact) mass is 250 g/mol. The van der Waals surface area contributed by atoms with Crippen molar-refractivity contribution in [2.75, 3.05) is 0 Å². The summed E-state index contributed by atoms with van der Waals surface area (Å²) in [5.41, 5.74) is 1.58. The van der Waals surface area contributed by atoms with Crippen LogP contribution in [0.4, 0.5) is 0 Å². The fraction of sp³-hybridized carbons (Fsp3) is 0.750. The lowest BCUT2D eigenvalue weighted by atomic mass is 10.1. The van der Waals surface area contributed by atoms with Crippen molar-refractivity contribution in [3.63, 3.8) is 0 Å². The van der Waals surface area contributed by atoms with E-state index in [1.54, 1.807) is 0 Å². The van der Waals surface area contributed by atoms with Crippen LogP contribution in [0.25, 0.3) is 0 Å². The Labute approximate surface area is 113 Å². The molecule has 18 heavy (non-hydrogen) atoms. The van der Waals surface area contributed by atoms with Crippen molar-refractivity contribution < 1.29 is 0 Å². The van der Waals surface area contributed by atoms with Crippen LogP contribution in [0.3, 0.4) is 0 Å². The van der Waals surface area contributed by atoms with E-state index in [2.05, 4.69) is 56.0 Å². The zero-order valence-electron chi connectivity index (χ0n) is 12.6. The highest BCUT2D eigenvalue weighted by Crippen LogP contribution is 2.08. The Bertz CT molecular complexity index is 320. The molecule has 0 fully saturated rings. The van der Waals surface area contributed by atoms with E-state index in [1.165, 1.54) is 44.2 Å². The topological polar surface area (TPSA) is 17.0 Å². The lowest BCUT2D eigenvalue weighted by Crippen LogP contribution is -2.34. The molecule has 0 radical (unpaired) electrons. The molecule has 2 nitrogen and oxygen atoms in total. The third-order valence-corrected chi connectivity index (χ3v) is 3.15. The van der Waals surface area contributed by atoms with Crippen LogP contribution in [-0.2, 0) is 13.1 Å². The fourth-order valence-corrected chi connectivity index (χ4v) is 2.00. The van der Waals surface area contributed by atoms with Gasteiger partial charge in [-0.1, -0.05) is 32.6 Å². The molecule has 104 valence electrons. The first-order valence-electron chi connectivity index (χ1n) is 7.41. The van der Waals surface area contributed by atoms with Crippen LogP contribution in [0.5, 0.6) is 0 Å². The zero-order chi connectivity index (χ0) is 13.4. The van der Waals surface area contributed by atoms with E-state index in [4.69, 9.17) is 0 Å². The molecule has 1 rings (SSSR count). The summed E-state index contributed by atoms with van der Waals surface area (Å²) in [5.74, 6) is 0. The molecule has 0 aliphatic heterocycles. The second-order valence-corrected chi connectivity index (χ2v) is 6.28. The molecular weight excluding hydrogens is 220 g/mol. The van der Waals surface area contributed by atoms with Crippen LogP contribution in [0, 0.1) is 0 Å². The maximum absolute atomic E-state index is 3.52. The first-order valence-corrected chi connectivity index (χ1v) is 7.41. The maximum atomic E-state index is 3.52. The number of aromatic nitrogens is 1. The van der Waals surface area contributed by atoms with Crippen LogP contribution >= 0.6 is 0 Å². The second-order valence-electron chi connectivity index (χ2n) is 6.28. The molecule has 0 saturated carbocycles. The summed E-state index contributed by atoms with van der Waals surface area (Å²) in [5, 5.41) is 3.52. The van der Waals surface area contributed by atoms with Crippen molar-refractivity contribution in [2.24, 2.45) is 0 Å². The normalized spacial score (nSPS) is 12.0. The molecule has 0 bridgehead atoms. The highest BCUT2D eigenvalue weighted by molar-refractivity contribution is 5.10. The predicted octanol–water partition coefficient (Wildman–Crippen LogP) is 4.35. The number of unbranched alkanes of at least 4 members (excludes halogenated alkanes) is 4. The van der Waals surface area contributed by atoms with Gasteiger partial charge >= 0.3 is 0 Å². The molecule has 0 unspecified atom stereocenters. The van der Waals surface area contributed by atoms with Crippen molar-refractivity contribution >= 4 is 0 Å². The molecule has 1 heterocycles. The highest BCUT2D eigenvalue weighted by Gasteiger charge is 2.08. The summed E-state index contributed by atoms with van der Waals surface area (Å²) in [4.78, 5) is 0. The SMILES string of the molecule is CCCCCCCn1ccc(CNC(C)(C)C)c1. The van der Waals surface area contributed by atoms with E-state index in [-0.39, 0.29) is 5.54 Å². The summed E-state index contributed by atoms with van der Waals surface area (Å²) in [6, 6.07) is 2.23. The number of hydrogen-bond acceptors (Lipinski definition) is 1. The zero-order valence-corrected chi connectivity index (χ0v) is 12.6. The van der Waals surface area contributed by atoms with Crippen molar-refractivity contribution in [3.05, 3.63) is 24.0 Å². The number of rotatable bonds is 8. The molecule has 2 heteroatoms. The van der Waals surface area contributed by atoms with Gasteiger partial charge in [-0.2, -0.15) is 0 Å². The molecule has 1 N–H and O–H groups in total. The summed E-state index contributed by atoms with van der Waals surface area (Å²) < 4.78 is 2.33. The van der Waals surface area contributed by atoms with E-state index in [1.807, 2.05) is 0 Å². The molecule has 1 aromatic heterocycles. The maximum Gasteiger partial charge on any atom is 0.0225 e. The van der Waals surface area contributed by atoms with Gasteiger partial charge in [0.15, 0.2) is 0 Å². The second kappa shape index (κ2) is 7.63. The third kappa shape index (κ3) is 6.85. The Morgan fingerprint density at radius 3 is 2.50 bits per heavy atom. The summed E-state index contributed by atoms with van der Waals surface area (Å²) >= 11 is 0. The molecular formula is C16H30N2. The van der Waals surface area contributed by atoms with Crippen molar-refractivity contribution in [1.82, 2.24) is 9.88 Å². The number of nitrogens with one attached hydrogen (secondary N) is 1. The van der Waals surface area contributed by atoms with Gasteiger partial charge in [0.05, 0.1) is 0 Å². The van der Waals surface area contributed by atoms with E-state index in [0.29, 0.717) is 0 Å². The van der Waals surface area contributed by atoms with Crippen LogP contribution < -0.4 is 5.32 Å². The average Bonchev–Trinajstić information content (AvgIpc) is 2.73. The molecule has 0 atom stereocenters. The first-order chi connectivity index (χ1) is 8.51. The third-order valence-electron chi connectivity index (χ3n) is 3.15. The molecule has 1 aromatic rings. The minimum atomic E-state index is 0.197. The lowest BCUT2D eigenvalue weighted by Gasteiger charge is -2.19. The van der Waals surface area contributed by atoms with Gasteiger partial charge in [-0.25, -0.2) is 0 Å². The largest absolute Gasteiger partial charge is 0.354 e. The number of hydrogen-bond donors (Lipinski definition) is 1. The Kier molecular flexibility index (Phi) is 6.48. The standard InChI is InChI=1S/C16H30N2/c1-5-6-7-8-9-11-18-12-10-15(14-18)13-17-16(2,3)4/h10,12,14,17H,5-9,11,13H2,1-4H3. The van der Waals surface area contributed by atoms with Gasteiger partial charge in [-0.15, -0.1) is 0 Å². The Morgan fingerprint density at radius 1 is 1.11 bits per heavy atom. The minimum Gasteiger partial charge on any atom is -0.354 e. The summed E-state index contributed by atoms with van der Waals surface area (Å²) in [6.07, 6.45) is 11.2. The van der Waals surface area contributed by atoms with E-state index < -0.39 is 0 Å².